The van der Waals surface area contributed by atoms with Gasteiger partial charge in [0.05, 0.1) is 19.6 Å². The van der Waals surface area contributed by atoms with Gasteiger partial charge in [0.15, 0.2) is 11.5 Å². The zero-order valence-electron chi connectivity index (χ0n) is 18.7. The molecule has 0 spiro atoms. The van der Waals surface area contributed by atoms with E-state index in [-0.39, 0.29) is 12.0 Å². The molecule has 34 heavy (non-hydrogen) atoms. The average Bonchev–Trinajstić information content (AvgIpc) is 2.81. The molecule has 1 heterocycles. The Balaban J connectivity index is 1.71. The molecule has 0 aliphatic carbocycles. The van der Waals surface area contributed by atoms with Crippen LogP contribution in [0.3, 0.4) is 0 Å². The molecule has 1 unspecified atom stereocenters. The van der Waals surface area contributed by atoms with Gasteiger partial charge in [0.1, 0.15) is 24.0 Å². The SMILES string of the molecule is COc1ccc(COc2cc3oc(=O)c4cc(C(C)OS(N)(=O)=O)ccc4c3cc2OC)cc1. The number of hydrogen-bond acceptors (Lipinski definition) is 8. The summed E-state index contributed by atoms with van der Waals surface area (Å²) in [5, 5.41) is 6.46. The molecule has 0 radical (unpaired) electrons. The third-order valence-electron chi connectivity index (χ3n) is 5.32. The van der Waals surface area contributed by atoms with Gasteiger partial charge in [0.25, 0.3) is 0 Å². The Hall–Kier alpha value is -3.60. The lowest BCUT2D eigenvalue weighted by Gasteiger charge is -2.14. The van der Waals surface area contributed by atoms with Crippen molar-refractivity contribution >= 4 is 32.0 Å². The molecule has 0 fully saturated rings. The highest BCUT2D eigenvalue weighted by Crippen LogP contribution is 2.36. The maximum absolute atomic E-state index is 12.7. The Kier molecular flexibility index (Phi) is 6.47. The molecule has 0 aliphatic heterocycles. The van der Waals surface area contributed by atoms with E-state index in [2.05, 4.69) is 0 Å². The molecule has 9 nitrogen and oxygen atoms in total. The molecular formula is C24H23NO8S. The lowest BCUT2D eigenvalue weighted by atomic mass is 10.0. The molecule has 1 atom stereocenters. The lowest BCUT2D eigenvalue weighted by Crippen LogP contribution is -2.18. The maximum Gasteiger partial charge on any atom is 0.344 e. The van der Waals surface area contributed by atoms with Crippen molar-refractivity contribution in [3.63, 3.8) is 0 Å². The standard InChI is InChI=1S/C24H23NO8S/c1-14(33-34(25,27)28)16-6-9-18-19-11-22(30-3)23(12-21(19)32-24(26)20(18)10-16)31-13-15-4-7-17(29-2)8-5-15/h4-12,14H,13H2,1-3H3,(H2,25,27,28). The number of nitrogens with two attached hydrogens (primary N) is 1. The van der Waals surface area contributed by atoms with Gasteiger partial charge in [-0.25, -0.2) is 9.93 Å². The Morgan fingerprint density at radius 2 is 1.65 bits per heavy atom. The summed E-state index contributed by atoms with van der Waals surface area (Å²) in [7, 11) is -1.03. The summed E-state index contributed by atoms with van der Waals surface area (Å²) >= 11 is 0. The van der Waals surface area contributed by atoms with E-state index in [0.717, 1.165) is 11.3 Å². The Labute approximate surface area is 195 Å². The zero-order chi connectivity index (χ0) is 24.5. The molecule has 1 aromatic heterocycles. The second kappa shape index (κ2) is 9.34. The van der Waals surface area contributed by atoms with Gasteiger partial charge < -0.3 is 18.6 Å². The first kappa shape index (κ1) is 23.6. The van der Waals surface area contributed by atoms with Gasteiger partial charge in [-0.15, -0.1) is 0 Å². The van der Waals surface area contributed by atoms with Crippen LogP contribution in [0.15, 0.2) is 63.8 Å². The van der Waals surface area contributed by atoms with Crippen LogP contribution in [-0.2, 0) is 21.1 Å². The van der Waals surface area contributed by atoms with Crippen molar-refractivity contribution in [2.24, 2.45) is 5.14 Å². The van der Waals surface area contributed by atoms with E-state index in [1.54, 1.807) is 31.4 Å². The first-order chi connectivity index (χ1) is 16.2. The van der Waals surface area contributed by atoms with Crippen LogP contribution in [-0.4, -0.2) is 22.6 Å². The summed E-state index contributed by atoms with van der Waals surface area (Å²) in [6.07, 6.45) is -0.877. The predicted molar refractivity (Wildman–Crippen MR) is 126 cm³/mol. The van der Waals surface area contributed by atoms with E-state index in [9.17, 15) is 13.2 Å². The van der Waals surface area contributed by atoms with Crippen LogP contribution in [0.4, 0.5) is 0 Å². The largest absolute Gasteiger partial charge is 0.497 e. The fourth-order valence-corrected chi connectivity index (χ4v) is 4.13. The fraction of sp³-hybridized carbons (Fsp3) is 0.208. The second-order valence-electron chi connectivity index (χ2n) is 7.56. The van der Waals surface area contributed by atoms with E-state index in [1.807, 2.05) is 24.3 Å². The Morgan fingerprint density at radius 3 is 2.29 bits per heavy atom. The van der Waals surface area contributed by atoms with Crippen molar-refractivity contribution in [3.05, 3.63) is 76.1 Å². The summed E-state index contributed by atoms with van der Waals surface area (Å²) in [6, 6.07) is 15.7. The predicted octanol–water partition coefficient (Wildman–Crippen LogP) is 3.82. The van der Waals surface area contributed by atoms with Crippen LogP contribution < -0.4 is 25.0 Å². The molecular weight excluding hydrogens is 462 g/mol. The highest BCUT2D eigenvalue weighted by molar-refractivity contribution is 7.84. The first-order valence-electron chi connectivity index (χ1n) is 10.2. The normalized spacial score (nSPS) is 12.6. The monoisotopic (exact) mass is 485 g/mol. The smallest absolute Gasteiger partial charge is 0.344 e. The van der Waals surface area contributed by atoms with Crippen LogP contribution in [0.1, 0.15) is 24.2 Å². The molecule has 0 aliphatic rings. The topological polar surface area (TPSA) is 127 Å². The molecule has 2 N–H and O–H groups in total. The first-order valence-corrected chi connectivity index (χ1v) is 11.7. The minimum absolute atomic E-state index is 0.267. The third-order valence-corrected chi connectivity index (χ3v) is 5.88. The summed E-state index contributed by atoms with van der Waals surface area (Å²) in [5.74, 6) is 1.63. The molecule has 10 heteroatoms. The van der Waals surface area contributed by atoms with E-state index >= 15 is 0 Å². The van der Waals surface area contributed by atoms with Gasteiger partial charge >= 0.3 is 15.9 Å². The highest BCUT2D eigenvalue weighted by Gasteiger charge is 2.17. The van der Waals surface area contributed by atoms with Crippen molar-refractivity contribution in [1.29, 1.82) is 0 Å². The highest BCUT2D eigenvalue weighted by atomic mass is 32.2. The van der Waals surface area contributed by atoms with E-state index < -0.39 is 22.0 Å². The molecule has 0 amide bonds. The van der Waals surface area contributed by atoms with Gasteiger partial charge in [-0.3, -0.25) is 4.18 Å². The number of methoxy groups -OCH3 is 2. The number of hydrogen-bond donors (Lipinski definition) is 1. The minimum atomic E-state index is -4.15. The quantitative estimate of drug-likeness (QED) is 0.295. The molecule has 4 rings (SSSR count). The average molecular weight is 486 g/mol. The maximum atomic E-state index is 12.7. The summed E-state index contributed by atoms with van der Waals surface area (Å²) < 4.78 is 49.4. The van der Waals surface area contributed by atoms with Gasteiger partial charge in [0, 0.05) is 16.8 Å². The van der Waals surface area contributed by atoms with Crippen LogP contribution in [0, 0.1) is 0 Å². The van der Waals surface area contributed by atoms with Crippen LogP contribution >= 0.6 is 0 Å². The van der Waals surface area contributed by atoms with Crippen LogP contribution in [0.5, 0.6) is 17.2 Å². The number of benzene rings is 3. The molecule has 4 aromatic rings. The van der Waals surface area contributed by atoms with Gasteiger partial charge in [-0.2, -0.15) is 8.42 Å². The summed E-state index contributed by atoms with van der Waals surface area (Å²) in [5.41, 5.74) is 1.12. The van der Waals surface area contributed by atoms with E-state index in [4.69, 9.17) is 27.9 Å². The number of ether oxygens (including phenoxy) is 3. The van der Waals surface area contributed by atoms with Crippen molar-refractivity contribution in [2.45, 2.75) is 19.6 Å². The minimum Gasteiger partial charge on any atom is -0.497 e. The molecule has 0 saturated heterocycles. The van der Waals surface area contributed by atoms with Crippen molar-refractivity contribution in [1.82, 2.24) is 0 Å². The van der Waals surface area contributed by atoms with Crippen LogP contribution in [0.2, 0.25) is 0 Å². The Bertz CT molecular complexity index is 1510. The summed E-state index contributed by atoms with van der Waals surface area (Å²) in [6.45, 7) is 1.79. The molecule has 178 valence electrons. The fourth-order valence-electron chi connectivity index (χ4n) is 3.62. The second-order valence-corrected chi connectivity index (χ2v) is 8.74. The summed E-state index contributed by atoms with van der Waals surface area (Å²) in [4.78, 5) is 12.7. The molecule has 0 saturated carbocycles. The third kappa shape index (κ3) is 4.98. The number of rotatable bonds is 8. The molecule has 3 aromatic carbocycles. The van der Waals surface area contributed by atoms with Crippen molar-refractivity contribution in [3.8, 4) is 17.2 Å². The van der Waals surface area contributed by atoms with Crippen LogP contribution in [0.25, 0.3) is 21.7 Å². The van der Waals surface area contributed by atoms with Crippen molar-refractivity contribution in [2.75, 3.05) is 14.2 Å². The van der Waals surface area contributed by atoms with Gasteiger partial charge in [-0.1, -0.05) is 24.3 Å². The van der Waals surface area contributed by atoms with Crippen molar-refractivity contribution < 1.29 is 31.2 Å². The molecule has 0 bridgehead atoms. The zero-order valence-corrected chi connectivity index (χ0v) is 19.5. The Morgan fingerprint density at radius 1 is 0.912 bits per heavy atom. The van der Waals surface area contributed by atoms with Gasteiger partial charge in [0.2, 0.25) is 0 Å². The van der Waals surface area contributed by atoms with Gasteiger partial charge in [-0.05, 0) is 42.3 Å². The lowest BCUT2D eigenvalue weighted by molar-refractivity contribution is 0.234. The number of fused-ring (bicyclic) bond motifs is 3. The van der Waals surface area contributed by atoms with E-state index in [1.165, 1.54) is 20.1 Å². The van der Waals surface area contributed by atoms with E-state index in [0.29, 0.717) is 33.4 Å².